The number of rotatable bonds is 3. The molecule has 0 saturated heterocycles. The van der Waals surface area contributed by atoms with Gasteiger partial charge in [-0.1, -0.05) is 30.3 Å². The van der Waals surface area contributed by atoms with E-state index in [2.05, 4.69) is 4.98 Å². The van der Waals surface area contributed by atoms with Crippen molar-refractivity contribution >= 4 is 5.91 Å². The number of amides is 1. The van der Waals surface area contributed by atoms with E-state index in [4.69, 9.17) is 10.2 Å². The fraction of sp³-hybridized carbons (Fsp3) is 0.0909. The Balaban J connectivity index is 2.24. The summed E-state index contributed by atoms with van der Waals surface area (Å²) in [6.07, 6.45) is 1.56. The number of nitrogens with two attached hydrogens (primary N) is 1. The van der Waals surface area contributed by atoms with Crippen LogP contribution in [0.4, 0.5) is 0 Å². The van der Waals surface area contributed by atoms with Gasteiger partial charge in [-0.2, -0.15) is 0 Å². The monoisotopic (exact) mass is 202 g/mol. The van der Waals surface area contributed by atoms with E-state index in [0.717, 1.165) is 5.56 Å². The number of nitrogens with zero attached hydrogens (tertiary/aromatic N) is 1. The van der Waals surface area contributed by atoms with Gasteiger partial charge in [0.15, 0.2) is 0 Å². The van der Waals surface area contributed by atoms with E-state index < -0.39 is 5.91 Å². The van der Waals surface area contributed by atoms with E-state index in [1.54, 1.807) is 0 Å². The number of benzene rings is 1. The van der Waals surface area contributed by atoms with Crippen molar-refractivity contribution in [2.45, 2.75) is 6.42 Å². The number of carbonyl (C=O) groups excluding carboxylic acids is 1. The van der Waals surface area contributed by atoms with Crippen molar-refractivity contribution in [3.05, 3.63) is 42.5 Å². The molecule has 0 unspecified atom stereocenters. The van der Waals surface area contributed by atoms with Gasteiger partial charge in [-0.15, -0.1) is 0 Å². The average Bonchev–Trinajstić information content (AvgIpc) is 2.67. The van der Waals surface area contributed by atoms with E-state index >= 15 is 0 Å². The minimum Gasteiger partial charge on any atom is -0.448 e. The highest BCUT2D eigenvalue weighted by atomic mass is 16.3. The molecule has 4 heteroatoms. The zero-order valence-corrected chi connectivity index (χ0v) is 8.01. The Morgan fingerprint density at radius 2 is 2.07 bits per heavy atom. The molecule has 2 aromatic rings. The first kappa shape index (κ1) is 9.45. The van der Waals surface area contributed by atoms with Gasteiger partial charge in [-0.25, -0.2) is 4.98 Å². The van der Waals surface area contributed by atoms with Gasteiger partial charge < -0.3 is 10.2 Å². The van der Waals surface area contributed by atoms with E-state index in [-0.39, 0.29) is 6.42 Å². The Morgan fingerprint density at radius 1 is 1.33 bits per heavy atom. The molecule has 0 saturated carbocycles. The molecular formula is C11H10N2O2. The van der Waals surface area contributed by atoms with Crippen LogP contribution in [-0.4, -0.2) is 10.9 Å². The van der Waals surface area contributed by atoms with E-state index in [1.165, 1.54) is 6.26 Å². The standard InChI is InChI=1S/C11H10N2O2/c12-10(14)6-11-13-9(7-15-11)8-4-2-1-3-5-8/h1-5,7H,6H2,(H2,12,14). The van der Waals surface area contributed by atoms with Crippen molar-refractivity contribution in [3.8, 4) is 11.3 Å². The lowest BCUT2D eigenvalue weighted by atomic mass is 10.2. The summed E-state index contributed by atoms with van der Waals surface area (Å²) in [5.74, 6) is -0.0992. The molecule has 0 fully saturated rings. The minimum atomic E-state index is -0.448. The highest BCUT2D eigenvalue weighted by Gasteiger charge is 2.07. The molecule has 1 amide bonds. The SMILES string of the molecule is NC(=O)Cc1nc(-c2ccccc2)co1. The topological polar surface area (TPSA) is 69.1 Å². The van der Waals surface area contributed by atoms with Gasteiger partial charge in [0.05, 0.1) is 0 Å². The van der Waals surface area contributed by atoms with Crippen LogP contribution in [0.5, 0.6) is 0 Å². The Hall–Kier alpha value is -2.10. The summed E-state index contributed by atoms with van der Waals surface area (Å²) in [7, 11) is 0. The van der Waals surface area contributed by atoms with Gasteiger partial charge in [0.2, 0.25) is 11.8 Å². The van der Waals surface area contributed by atoms with E-state index in [0.29, 0.717) is 11.6 Å². The quantitative estimate of drug-likeness (QED) is 0.817. The molecule has 0 spiro atoms. The third kappa shape index (κ3) is 2.22. The van der Waals surface area contributed by atoms with Crippen molar-refractivity contribution < 1.29 is 9.21 Å². The van der Waals surface area contributed by atoms with Gasteiger partial charge in [0, 0.05) is 5.56 Å². The zero-order valence-electron chi connectivity index (χ0n) is 8.01. The molecule has 1 heterocycles. The van der Waals surface area contributed by atoms with Crippen molar-refractivity contribution in [3.63, 3.8) is 0 Å². The third-order valence-corrected chi connectivity index (χ3v) is 1.95. The molecule has 0 aliphatic rings. The fourth-order valence-corrected chi connectivity index (χ4v) is 1.28. The molecule has 0 aliphatic carbocycles. The lowest BCUT2D eigenvalue weighted by molar-refractivity contribution is -0.117. The largest absolute Gasteiger partial charge is 0.448 e. The number of primary amides is 1. The van der Waals surface area contributed by atoms with Gasteiger partial charge >= 0.3 is 0 Å². The predicted molar refractivity (Wildman–Crippen MR) is 54.8 cm³/mol. The molecule has 2 rings (SSSR count). The summed E-state index contributed by atoms with van der Waals surface area (Å²) in [6, 6.07) is 9.60. The maximum absolute atomic E-state index is 10.6. The second kappa shape index (κ2) is 3.96. The van der Waals surface area contributed by atoms with Crippen LogP contribution >= 0.6 is 0 Å². The molecule has 0 radical (unpaired) electrons. The Morgan fingerprint density at radius 3 is 2.73 bits per heavy atom. The first-order valence-electron chi connectivity index (χ1n) is 4.54. The maximum atomic E-state index is 10.6. The molecule has 1 aromatic carbocycles. The molecule has 1 aromatic heterocycles. The van der Waals surface area contributed by atoms with Crippen molar-refractivity contribution in [2.75, 3.05) is 0 Å². The average molecular weight is 202 g/mol. The molecule has 0 bridgehead atoms. The summed E-state index contributed by atoms with van der Waals surface area (Å²) in [6.45, 7) is 0. The summed E-state index contributed by atoms with van der Waals surface area (Å²) >= 11 is 0. The molecule has 76 valence electrons. The lowest BCUT2D eigenvalue weighted by Crippen LogP contribution is -2.13. The number of oxazole rings is 1. The zero-order chi connectivity index (χ0) is 10.7. The molecular weight excluding hydrogens is 192 g/mol. The third-order valence-electron chi connectivity index (χ3n) is 1.95. The lowest BCUT2D eigenvalue weighted by Gasteiger charge is -1.92. The van der Waals surface area contributed by atoms with Crippen molar-refractivity contribution in [1.82, 2.24) is 4.98 Å². The molecule has 0 aliphatic heterocycles. The highest BCUT2D eigenvalue weighted by molar-refractivity contribution is 5.75. The summed E-state index contributed by atoms with van der Waals surface area (Å²) in [5.41, 5.74) is 6.70. The predicted octanol–water partition coefficient (Wildman–Crippen LogP) is 1.37. The van der Waals surface area contributed by atoms with Gasteiger partial charge in [-0.3, -0.25) is 4.79 Å². The summed E-state index contributed by atoms with van der Waals surface area (Å²) in [4.78, 5) is 14.8. The maximum Gasteiger partial charge on any atom is 0.226 e. The molecule has 2 N–H and O–H groups in total. The van der Waals surface area contributed by atoms with Crippen LogP contribution in [0.25, 0.3) is 11.3 Å². The van der Waals surface area contributed by atoms with Crippen LogP contribution in [0.1, 0.15) is 5.89 Å². The first-order chi connectivity index (χ1) is 7.25. The van der Waals surface area contributed by atoms with Gasteiger partial charge in [0.1, 0.15) is 18.4 Å². The second-order valence-electron chi connectivity index (χ2n) is 3.14. The van der Waals surface area contributed by atoms with Gasteiger partial charge in [0.25, 0.3) is 0 Å². The summed E-state index contributed by atoms with van der Waals surface area (Å²) < 4.78 is 5.12. The van der Waals surface area contributed by atoms with Crippen LogP contribution < -0.4 is 5.73 Å². The Bertz CT molecular complexity index is 462. The van der Waals surface area contributed by atoms with Crippen LogP contribution in [0.3, 0.4) is 0 Å². The number of hydrogen-bond donors (Lipinski definition) is 1. The van der Waals surface area contributed by atoms with Crippen LogP contribution in [-0.2, 0) is 11.2 Å². The van der Waals surface area contributed by atoms with Crippen molar-refractivity contribution in [2.24, 2.45) is 5.73 Å². The number of aromatic nitrogens is 1. The second-order valence-corrected chi connectivity index (χ2v) is 3.14. The van der Waals surface area contributed by atoms with Crippen LogP contribution in [0.15, 0.2) is 41.0 Å². The Labute approximate surface area is 86.7 Å². The fourth-order valence-electron chi connectivity index (χ4n) is 1.28. The number of carbonyl (C=O) groups is 1. The molecule has 0 atom stereocenters. The van der Waals surface area contributed by atoms with E-state index in [1.807, 2.05) is 30.3 Å². The molecule has 15 heavy (non-hydrogen) atoms. The van der Waals surface area contributed by atoms with Crippen LogP contribution in [0, 0.1) is 0 Å². The van der Waals surface area contributed by atoms with Crippen molar-refractivity contribution in [1.29, 1.82) is 0 Å². The Kier molecular flexibility index (Phi) is 2.49. The minimum absolute atomic E-state index is 0.0346. The summed E-state index contributed by atoms with van der Waals surface area (Å²) in [5, 5.41) is 0. The first-order valence-corrected chi connectivity index (χ1v) is 4.54. The van der Waals surface area contributed by atoms with Crippen LogP contribution in [0.2, 0.25) is 0 Å². The molecule has 4 nitrogen and oxygen atoms in total. The normalized spacial score (nSPS) is 10.1. The number of hydrogen-bond acceptors (Lipinski definition) is 3. The van der Waals surface area contributed by atoms with E-state index in [9.17, 15) is 4.79 Å². The highest BCUT2D eigenvalue weighted by Crippen LogP contribution is 2.17. The van der Waals surface area contributed by atoms with Gasteiger partial charge in [-0.05, 0) is 0 Å². The smallest absolute Gasteiger partial charge is 0.226 e.